The Morgan fingerprint density at radius 3 is 2.50 bits per heavy atom. The first-order chi connectivity index (χ1) is 18.0. The number of para-hydroxylation sites is 1. The third kappa shape index (κ3) is 6.30. The number of carbonyl (C=O) groups excluding carboxylic acids is 1. The molecule has 0 N–H and O–H groups in total. The Hall–Kier alpha value is -3.09. The van der Waals surface area contributed by atoms with Crippen LogP contribution >= 0.6 is 0 Å². The van der Waals surface area contributed by atoms with E-state index in [1.165, 1.54) is 12.1 Å². The number of pyridine rings is 1. The van der Waals surface area contributed by atoms with Crippen LogP contribution in [0.15, 0.2) is 54.6 Å². The highest BCUT2D eigenvalue weighted by atomic mass is 19.1. The average molecular weight is 518 g/mol. The second-order valence-electron chi connectivity index (χ2n) is 11.8. The molecule has 6 heteroatoms. The molecule has 5 rings (SSSR count). The van der Waals surface area contributed by atoms with Crippen molar-refractivity contribution in [3.05, 3.63) is 71.7 Å². The molecule has 2 aliphatic rings. The van der Waals surface area contributed by atoms with Crippen molar-refractivity contribution in [1.29, 1.82) is 0 Å². The number of rotatable bonds is 6. The zero-order valence-electron chi connectivity index (χ0n) is 22.8. The van der Waals surface area contributed by atoms with Crippen LogP contribution in [0.2, 0.25) is 0 Å². The Morgan fingerprint density at radius 1 is 1.11 bits per heavy atom. The van der Waals surface area contributed by atoms with Crippen molar-refractivity contribution in [3.63, 3.8) is 0 Å². The van der Waals surface area contributed by atoms with E-state index in [0.29, 0.717) is 12.3 Å². The van der Waals surface area contributed by atoms with Crippen molar-refractivity contribution in [1.82, 2.24) is 4.98 Å². The molecule has 1 aromatic heterocycles. The smallest absolute Gasteiger partial charge is 0.308 e. The number of fused-ring (bicyclic) bond motifs is 1. The first-order valence-corrected chi connectivity index (χ1v) is 13.4. The Kier molecular flexibility index (Phi) is 7.14. The van der Waals surface area contributed by atoms with Crippen molar-refractivity contribution >= 4 is 22.9 Å². The summed E-state index contributed by atoms with van der Waals surface area (Å²) >= 11 is 0. The standard InChI is InChI=1S/C32H36FNO4/c1-31(2,3)38-28(35)19-24-18-23(36-32(4,5)37-24)16-17-26-29(20-12-14-22(33)15-13-20)25-8-6-7-9-27(25)34-30(26)21-10-11-21/h6-9,12-17,21,23-24H,10-11,18-19H2,1-5H3/b17-16+/t23-,24-/m1/s1. The van der Waals surface area contributed by atoms with Gasteiger partial charge < -0.3 is 14.2 Å². The predicted octanol–water partition coefficient (Wildman–Crippen LogP) is 7.57. The maximum absolute atomic E-state index is 13.8. The van der Waals surface area contributed by atoms with E-state index < -0.39 is 11.4 Å². The van der Waals surface area contributed by atoms with Crippen LogP contribution in [0.4, 0.5) is 4.39 Å². The van der Waals surface area contributed by atoms with E-state index in [4.69, 9.17) is 19.2 Å². The van der Waals surface area contributed by atoms with Crippen LogP contribution in [0.25, 0.3) is 28.1 Å². The fourth-order valence-electron chi connectivity index (χ4n) is 5.17. The SMILES string of the molecule is CC(C)(C)OC(=O)C[C@H]1C[C@@H](/C=C/c2c(C3CC3)nc3ccccc3c2-c2ccc(F)cc2)OC(C)(C)O1. The lowest BCUT2D eigenvalue weighted by Gasteiger charge is -2.39. The highest BCUT2D eigenvalue weighted by molar-refractivity contribution is 5.99. The van der Waals surface area contributed by atoms with Crippen molar-refractivity contribution in [2.75, 3.05) is 0 Å². The average Bonchev–Trinajstić information content (AvgIpc) is 3.66. The van der Waals surface area contributed by atoms with Gasteiger partial charge in [0.05, 0.1) is 29.8 Å². The first kappa shape index (κ1) is 26.5. The van der Waals surface area contributed by atoms with Gasteiger partial charge in [-0.05, 0) is 71.2 Å². The minimum absolute atomic E-state index is 0.167. The molecule has 200 valence electrons. The second kappa shape index (κ2) is 10.2. The third-order valence-electron chi connectivity index (χ3n) is 6.73. The molecular formula is C32H36FNO4. The van der Waals surface area contributed by atoms with Crippen LogP contribution in [-0.4, -0.2) is 34.5 Å². The van der Waals surface area contributed by atoms with Gasteiger partial charge in [0.15, 0.2) is 5.79 Å². The van der Waals surface area contributed by atoms with Crippen LogP contribution in [0.5, 0.6) is 0 Å². The van der Waals surface area contributed by atoms with Crippen LogP contribution in [0, 0.1) is 5.82 Å². The Balaban J connectivity index is 1.51. The summed E-state index contributed by atoms with van der Waals surface area (Å²) in [6.07, 6.45) is 6.48. The molecule has 0 unspecified atom stereocenters. The molecule has 2 heterocycles. The number of ether oxygens (including phenoxy) is 3. The quantitative estimate of drug-likeness (QED) is 0.316. The number of carbonyl (C=O) groups is 1. The number of benzene rings is 2. The largest absolute Gasteiger partial charge is 0.460 e. The maximum Gasteiger partial charge on any atom is 0.308 e. The molecule has 0 bridgehead atoms. The summed E-state index contributed by atoms with van der Waals surface area (Å²) in [6.45, 7) is 9.31. The Labute approximate surface area is 224 Å². The van der Waals surface area contributed by atoms with Gasteiger partial charge in [-0.1, -0.05) is 42.5 Å². The zero-order valence-corrected chi connectivity index (χ0v) is 22.8. The van der Waals surface area contributed by atoms with Gasteiger partial charge in [-0.15, -0.1) is 0 Å². The third-order valence-corrected chi connectivity index (χ3v) is 6.73. The molecule has 0 spiro atoms. The van der Waals surface area contributed by atoms with E-state index >= 15 is 0 Å². The molecule has 38 heavy (non-hydrogen) atoms. The van der Waals surface area contributed by atoms with Gasteiger partial charge in [-0.25, -0.2) is 4.39 Å². The normalized spacial score (nSPS) is 21.6. The molecule has 0 amide bonds. The highest BCUT2D eigenvalue weighted by Crippen LogP contribution is 2.45. The van der Waals surface area contributed by atoms with Gasteiger partial charge in [-0.2, -0.15) is 0 Å². The van der Waals surface area contributed by atoms with E-state index in [-0.39, 0.29) is 30.4 Å². The summed E-state index contributed by atoms with van der Waals surface area (Å²) in [5, 5.41) is 1.03. The summed E-state index contributed by atoms with van der Waals surface area (Å²) in [5.74, 6) is -0.983. The number of aromatic nitrogens is 1. The molecule has 1 saturated carbocycles. The molecule has 2 aromatic carbocycles. The number of hydrogen-bond donors (Lipinski definition) is 0. The fourth-order valence-corrected chi connectivity index (χ4v) is 5.17. The van der Waals surface area contributed by atoms with E-state index in [1.807, 2.05) is 65.0 Å². The van der Waals surface area contributed by atoms with Crippen LogP contribution in [0.3, 0.4) is 0 Å². The summed E-state index contributed by atoms with van der Waals surface area (Å²) in [4.78, 5) is 17.6. The second-order valence-corrected chi connectivity index (χ2v) is 11.8. The minimum Gasteiger partial charge on any atom is -0.460 e. The van der Waals surface area contributed by atoms with E-state index in [1.54, 1.807) is 0 Å². The van der Waals surface area contributed by atoms with Crippen LogP contribution in [0.1, 0.15) is 77.5 Å². The fraction of sp³-hybridized carbons (Fsp3) is 0.438. The molecule has 5 nitrogen and oxygen atoms in total. The van der Waals surface area contributed by atoms with Crippen LogP contribution < -0.4 is 0 Å². The van der Waals surface area contributed by atoms with Gasteiger partial charge >= 0.3 is 5.97 Å². The monoisotopic (exact) mass is 517 g/mol. The Bertz CT molecular complexity index is 1350. The van der Waals surface area contributed by atoms with Gasteiger partial charge in [0.2, 0.25) is 0 Å². The van der Waals surface area contributed by atoms with Crippen LogP contribution in [-0.2, 0) is 19.0 Å². The van der Waals surface area contributed by atoms with E-state index in [2.05, 4.69) is 18.2 Å². The van der Waals surface area contributed by atoms with Gasteiger partial charge in [0, 0.05) is 28.9 Å². The number of nitrogens with zero attached hydrogens (tertiary/aromatic N) is 1. The molecule has 1 aliphatic carbocycles. The zero-order chi connectivity index (χ0) is 27.1. The van der Waals surface area contributed by atoms with E-state index in [0.717, 1.165) is 46.1 Å². The molecular weight excluding hydrogens is 481 g/mol. The lowest BCUT2D eigenvalue weighted by atomic mass is 9.92. The topological polar surface area (TPSA) is 57.7 Å². The molecule has 2 atom stereocenters. The minimum atomic E-state index is -0.847. The van der Waals surface area contributed by atoms with E-state index in [9.17, 15) is 9.18 Å². The maximum atomic E-state index is 13.8. The number of esters is 1. The molecule has 1 saturated heterocycles. The number of hydrogen-bond acceptors (Lipinski definition) is 5. The van der Waals surface area contributed by atoms with Gasteiger partial charge in [0.25, 0.3) is 0 Å². The van der Waals surface area contributed by atoms with Crippen molar-refractivity contribution in [2.45, 2.75) is 89.8 Å². The summed E-state index contributed by atoms with van der Waals surface area (Å²) in [5.41, 5.74) is 4.49. The Morgan fingerprint density at radius 2 is 1.82 bits per heavy atom. The lowest BCUT2D eigenvalue weighted by Crippen LogP contribution is -2.45. The molecule has 1 aliphatic heterocycles. The molecule has 3 aromatic rings. The van der Waals surface area contributed by atoms with Crippen molar-refractivity contribution < 1.29 is 23.4 Å². The van der Waals surface area contributed by atoms with Gasteiger partial charge in [-0.3, -0.25) is 9.78 Å². The van der Waals surface area contributed by atoms with Gasteiger partial charge in [0.1, 0.15) is 11.4 Å². The highest BCUT2D eigenvalue weighted by Gasteiger charge is 2.36. The molecule has 0 radical (unpaired) electrons. The lowest BCUT2D eigenvalue weighted by molar-refractivity contribution is -0.290. The first-order valence-electron chi connectivity index (χ1n) is 13.4. The van der Waals surface area contributed by atoms with Crippen molar-refractivity contribution in [3.8, 4) is 11.1 Å². The summed E-state index contributed by atoms with van der Waals surface area (Å²) in [7, 11) is 0. The number of halogens is 1. The van der Waals surface area contributed by atoms with Crippen molar-refractivity contribution in [2.24, 2.45) is 0 Å². The molecule has 2 fully saturated rings. The summed E-state index contributed by atoms with van der Waals surface area (Å²) < 4.78 is 31.7. The predicted molar refractivity (Wildman–Crippen MR) is 147 cm³/mol. The summed E-state index contributed by atoms with van der Waals surface area (Å²) in [6, 6.07) is 14.8.